The summed E-state index contributed by atoms with van der Waals surface area (Å²) in [5.74, 6) is -1.56. The Morgan fingerprint density at radius 1 is 1.69 bits per heavy atom. The molecule has 1 heterocycles. The number of hydrogen-bond acceptors (Lipinski definition) is 3. The fraction of sp³-hybridized carbons (Fsp3) is 0.889. The van der Waals surface area contributed by atoms with E-state index in [9.17, 15) is 9.90 Å². The number of ether oxygens (including phenoxy) is 1. The van der Waals surface area contributed by atoms with E-state index in [0.717, 1.165) is 6.42 Å². The Balaban J connectivity index is 2.51. The Bertz CT molecular complexity index is 174. The lowest BCUT2D eigenvalue weighted by atomic mass is 9.89. The van der Waals surface area contributed by atoms with Gasteiger partial charge in [0.05, 0.1) is 18.6 Å². The van der Waals surface area contributed by atoms with Gasteiger partial charge in [0.15, 0.2) is 0 Å². The van der Waals surface area contributed by atoms with Crippen molar-refractivity contribution in [2.24, 2.45) is 11.8 Å². The summed E-state index contributed by atoms with van der Waals surface area (Å²) in [5, 5.41) is 18.5. The first kappa shape index (κ1) is 10.5. The fourth-order valence-electron chi connectivity index (χ4n) is 1.71. The third kappa shape index (κ3) is 2.42. The van der Waals surface area contributed by atoms with Gasteiger partial charge in [-0.2, -0.15) is 0 Å². The van der Waals surface area contributed by atoms with Crippen molar-refractivity contribution in [2.75, 3.05) is 13.2 Å². The average molecular weight is 188 g/mol. The van der Waals surface area contributed by atoms with Gasteiger partial charge in [0.25, 0.3) is 0 Å². The summed E-state index contributed by atoms with van der Waals surface area (Å²) in [4.78, 5) is 10.7. The van der Waals surface area contributed by atoms with Crippen LogP contribution in [-0.2, 0) is 9.53 Å². The second-order valence-electron chi connectivity index (χ2n) is 3.47. The molecule has 13 heavy (non-hydrogen) atoms. The predicted molar refractivity (Wildman–Crippen MR) is 46.3 cm³/mol. The molecule has 1 fully saturated rings. The van der Waals surface area contributed by atoms with Gasteiger partial charge >= 0.3 is 5.97 Å². The summed E-state index contributed by atoms with van der Waals surface area (Å²) in [6.07, 6.45) is 0.475. The van der Waals surface area contributed by atoms with Crippen molar-refractivity contribution in [3.63, 3.8) is 0 Å². The maximum atomic E-state index is 10.7. The van der Waals surface area contributed by atoms with Gasteiger partial charge in [0, 0.05) is 12.5 Å². The van der Waals surface area contributed by atoms with Crippen LogP contribution in [0.2, 0.25) is 0 Å². The Kier molecular flexibility index (Phi) is 3.69. The van der Waals surface area contributed by atoms with E-state index in [1.165, 1.54) is 0 Å². The number of hydrogen-bond donors (Lipinski definition) is 2. The van der Waals surface area contributed by atoms with Crippen LogP contribution >= 0.6 is 0 Å². The van der Waals surface area contributed by atoms with Crippen molar-refractivity contribution in [2.45, 2.75) is 25.9 Å². The first-order valence-electron chi connectivity index (χ1n) is 4.65. The molecule has 0 aliphatic carbocycles. The molecule has 76 valence electrons. The maximum absolute atomic E-state index is 10.7. The molecule has 3 atom stereocenters. The summed E-state index contributed by atoms with van der Waals surface area (Å²) in [5.41, 5.74) is 0. The number of aliphatic hydroxyl groups is 1. The van der Waals surface area contributed by atoms with E-state index in [4.69, 9.17) is 9.84 Å². The minimum Gasteiger partial charge on any atom is -0.481 e. The smallest absolute Gasteiger partial charge is 0.309 e. The largest absolute Gasteiger partial charge is 0.481 e. The van der Waals surface area contributed by atoms with E-state index in [0.29, 0.717) is 19.6 Å². The van der Waals surface area contributed by atoms with Crippen LogP contribution < -0.4 is 0 Å². The average Bonchev–Trinajstić information content (AvgIpc) is 2.56. The summed E-state index contributed by atoms with van der Waals surface area (Å²) in [7, 11) is 0. The van der Waals surface area contributed by atoms with Gasteiger partial charge in [-0.15, -0.1) is 0 Å². The molecule has 4 nitrogen and oxygen atoms in total. The Morgan fingerprint density at radius 2 is 2.38 bits per heavy atom. The second kappa shape index (κ2) is 4.58. The molecular formula is C9H16O4. The number of rotatable bonds is 4. The van der Waals surface area contributed by atoms with Crippen molar-refractivity contribution in [3.05, 3.63) is 0 Å². The lowest BCUT2D eigenvalue weighted by molar-refractivity contribution is -0.147. The Morgan fingerprint density at radius 3 is 2.77 bits per heavy atom. The predicted octanol–water partition coefficient (Wildman–Crippen LogP) is 0.495. The zero-order chi connectivity index (χ0) is 9.84. The lowest BCUT2D eigenvalue weighted by Gasteiger charge is -2.22. The molecule has 0 aromatic carbocycles. The van der Waals surface area contributed by atoms with Gasteiger partial charge in [-0.05, 0) is 12.8 Å². The molecule has 1 rings (SSSR count). The molecule has 0 saturated carbocycles. The molecule has 2 N–H and O–H groups in total. The molecule has 0 radical (unpaired) electrons. The van der Waals surface area contributed by atoms with Crippen LogP contribution in [0.25, 0.3) is 0 Å². The van der Waals surface area contributed by atoms with Crippen molar-refractivity contribution in [3.8, 4) is 0 Å². The summed E-state index contributed by atoms with van der Waals surface area (Å²) in [6.45, 7) is 2.90. The number of aliphatic carboxylic acids is 1. The third-order valence-electron chi connectivity index (χ3n) is 2.62. The third-order valence-corrected chi connectivity index (χ3v) is 2.62. The van der Waals surface area contributed by atoms with Crippen LogP contribution in [0.15, 0.2) is 0 Å². The highest BCUT2D eigenvalue weighted by Gasteiger charge is 2.33. The van der Waals surface area contributed by atoms with Gasteiger partial charge in [-0.25, -0.2) is 0 Å². The first-order valence-corrected chi connectivity index (χ1v) is 4.65. The summed E-state index contributed by atoms with van der Waals surface area (Å²) >= 11 is 0. The highest BCUT2D eigenvalue weighted by molar-refractivity contribution is 5.70. The highest BCUT2D eigenvalue weighted by atomic mass is 16.5. The van der Waals surface area contributed by atoms with Crippen LogP contribution in [0.5, 0.6) is 0 Å². The maximum Gasteiger partial charge on any atom is 0.309 e. The molecule has 1 saturated heterocycles. The van der Waals surface area contributed by atoms with E-state index >= 15 is 0 Å². The van der Waals surface area contributed by atoms with E-state index in [1.807, 2.05) is 0 Å². The van der Waals surface area contributed by atoms with E-state index in [1.54, 1.807) is 6.92 Å². The minimum absolute atomic E-state index is 0.000972. The van der Waals surface area contributed by atoms with E-state index in [2.05, 4.69) is 0 Å². The second-order valence-corrected chi connectivity index (χ2v) is 3.47. The monoisotopic (exact) mass is 188 g/mol. The van der Waals surface area contributed by atoms with Gasteiger partial charge < -0.3 is 14.9 Å². The summed E-state index contributed by atoms with van der Waals surface area (Å²) < 4.78 is 5.10. The molecule has 0 aromatic rings. The lowest BCUT2D eigenvalue weighted by Crippen LogP contribution is -2.34. The molecule has 0 bridgehead atoms. The quantitative estimate of drug-likeness (QED) is 0.674. The number of carboxylic acids is 1. The van der Waals surface area contributed by atoms with Crippen LogP contribution in [0, 0.1) is 11.8 Å². The summed E-state index contributed by atoms with van der Waals surface area (Å²) in [6, 6.07) is 0. The van der Waals surface area contributed by atoms with Crippen LogP contribution in [0.3, 0.4) is 0 Å². The van der Waals surface area contributed by atoms with Crippen LogP contribution in [-0.4, -0.2) is 35.5 Å². The molecule has 0 aromatic heterocycles. The zero-order valence-corrected chi connectivity index (χ0v) is 7.77. The molecule has 0 spiro atoms. The van der Waals surface area contributed by atoms with Crippen molar-refractivity contribution >= 4 is 5.97 Å². The van der Waals surface area contributed by atoms with Crippen molar-refractivity contribution < 1.29 is 19.7 Å². The number of carbonyl (C=O) groups is 1. The minimum atomic E-state index is -0.915. The SMILES string of the molecule is CCC(C(=O)O)C(O)C1CCOC1. The Labute approximate surface area is 77.5 Å². The molecule has 1 aliphatic rings. The van der Waals surface area contributed by atoms with Crippen molar-refractivity contribution in [1.29, 1.82) is 0 Å². The normalized spacial score (nSPS) is 27.1. The molecule has 4 heteroatoms. The van der Waals surface area contributed by atoms with Gasteiger partial charge in [0.1, 0.15) is 0 Å². The number of aliphatic hydroxyl groups excluding tert-OH is 1. The highest BCUT2D eigenvalue weighted by Crippen LogP contribution is 2.23. The van der Waals surface area contributed by atoms with Crippen LogP contribution in [0.1, 0.15) is 19.8 Å². The molecule has 3 unspecified atom stereocenters. The van der Waals surface area contributed by atoms with Crippen molar-refractivity contribution in [1.82, 2.24) is 0 Å². The zero-order valence-electron chi connectivity index (χ0n) is 7.77. The van der Waals surface area contributed by atoms with Crippen LogP contribution in [0.4, 0.5) is 0 Å². The fourth-order valence-corrected chi connectivity index (χ4v) is 1.71. The van der Waals surface area contributed by atoms with Gasteiger partial charge in [-0.3, -0.25) is 4.79 Å². The van der Waals surface area contributed by atoms with Gasteiger partial charge in [-0.1, -0.05) is 6.92 Å². The van der Waals surface area contributed by atoms with Gasteiger partial charge in [0.2, 0.25) is 0 Å². The first-order chi connectivity index (χ1) is 6.16. The molecular weight excluding hydrogens is 172 g/mol. The van der Waals surface area contributed by atoms with E-state index < -0.39 is 18.0 Å². The molecule has 0 amide bonds. The van der Waals surface area contributed by atoms with E-state index in [-0.39, 0.29) is 5.92 Å². The Hall–Kier alpha value is -0.610. The standard InChI is InChI=1S/C9H16O4/c1-2-7(9(11)12)8(10)6-3-4-13-5-6/h6-8,10H,2-5H2,1H3,(H,11,12). The molecule has 1 aliphatic heterocycles. The number of carboxylic acid groups (broad SMARTS) is 1. The topological polar surface area (TPSA) is 66.8 Å².